The molecule has 0 aromatic rings. The quantitative estimate of drug-likeness (QED) is 0.557. The molecule has 5 N–H and O–H groups in total. The minimum absolute atomic E-state index is 0.350. The maximum absolute atomic E-state index is 12.2. The van der Waals surface area contributed by atoms with Crippen molar-refractivity contribution in [2.75, 3.05) is 0 Å². The van der Waals surface area contributed by atoms with Gasteiger partial charge in [0.1, 0.15) is 6.04 Å². The van der Waals surface area contributed by atoms with E-state index < -0.39 is 17.9 Å². The molecule has 3 unspecified atom stereocenters. The van der Waals surface area contributed by atoms with Crippen LogP contribution in [0, 0.1) is 5.92 Å². The monoisotopic (exact) mass is 297 g/mol. The Morgan fingerprint density at radius 1 is 1.19 bits per heavy atom. The van der Waals surface area contributed by atoms with Crippen molar-refractivity contribution < 1.29 is 19.5 Å². The molecule has 0 aromatic carbocycles. The molecule has 0 aromatic heterocycles. The number of hydrogen-bond donors (Lipinski definition) is 4. The summed E-state index contributed by atoms with van der Waals surface area (Å²) in [6, 6.07) is -1.28. The first-order valence-electron chi connectivity index (χ1n) is 7.55. The molecule has 2 amide bonds. The van der Waals surface area contributed by atoms with E-state index in [0.29, 0.717) is 18.4 Å². The highest BCUT2D eigenvalue weighted by Crippen LogP contribution is 2.32. The number of carbonyl (C=O) groups excluding carboxylic acids is 2. The Bertz CT molecular complexity index is 426. The van der Waals surface area contributed by atoms with Gasteiger partial charge < -0.3 is 21.5 Å². The lowest BCUT2D eigenvalue weighted by Gasteiger charge is -2.40. The number of fused-ring (bicyclic) bond motifs is 1. The van der Waals surface area contributed by atoms with E-state index in [1.807, 2.05) is 0 Å². The maximum atomic E-state index is 12.2. The Kier molecular flexibility index (Phi) is 5.17. The molecule has 7 nitrogen and oxygen atoms in total. The topological polar surface area (TPSA) is 122 Å². The van der Waals surface area contributed by atoms with Crippen LogP contribution < -0.4 is 16.4 Å². The van der Waals surface area contributed by atoms with Crippen molar-refractivity contribution in [3.8, 4) is 0 Å². The van der Waals surface area contributed by atoms with Gasteiger partial charge in [0.2, 0.25) is 11.8 Å². The lowest BCUT2D eigenvalue weighted by molar-refractivity contribution is -0.143. The molecule has 1 saturated heterocycles. The molecule has 1 aliphatic carbocycles. The molecule has 0 bridgehead atoms. The summed E-state index contributed by atoms with van der Waals surface area (Å²) in [7, 11) is 0. The molecular formula is C14H23N3O4. The second kappa shape index (κ2) is 6.89. The maximum Gasteiger partial charge on any atom is 0.326 e. The number of rotatable bonds is 5. The van der Waals surface area contributed by atoms with Crippen LogP contribution in [-0.2, 0) is 14.4 Å². The van der Waals surface area contributed by atoms with Crippen molar-refractivity contribution in [1.29, 1.82) is 0 Å². The molecule has 2 aliphatic rings. The van der Waals surface area contributed by atoms with Crippen molar-refractivity contribution >= 4 is 17.8 Å². The van der Waals surface area contributed by atoms with Gasteiger partial charge in [-0.15, -0.1) is 0 Å². The fourth-order valence-electron chi connectivity index (χ4n) is 3.38. The summed E-state index contributed by atoms with van der Waals surface area (Å²) in [6.45, 7) is 0. The molecule has 2 rings (SSSR count). The zero-order valence-electron chi connectivity index (χ0n) is 12.0. The lowest BCUT2D eigenvalue weighted by Crippen LogP contribution is -2.57. The minimum atomic E-state index is -1.25. The Hall–Kier alpha value is -1.63. The Morgan fingerprint density at radius 3 is 2.57 bits per heavy atom. The molecule has 4 atom stereocenters. The number of carboxylic acids is 1. The summed E-state index contributed by atoms with van der Waals surface area (Å²) < 4.78 is 0. The summed E-state index contributed by atoms with van der Waals surface area (Å²) in [5.41, 5.74) is 5.00. The van der Waals surface area contributed by atoms with Gasteiger partial charge in [0.25, 0.3) is 0 Å². The van der Waals surface area contributed by atoms with Crippen LogP contribution in [0.2, 0.25) is 0 Å². The summed E-state index contributed by atoms with van der Waals surface area (Å²) in [5.74, 6) is -1.71. The summed E-state index contributed by atoms with van der Waals surface area (Å²) in [4.78, 5) is 34.1. The highest BCUT2D eigenvalue weighted by molar-refractivity contribution is 5.90. The zero-order chi connectivity index (χ0) is 15.4. The van der Waals surface area contributed by atoms with Crippen molar-refractivity contribution in [1.82, 2.24) is 10.6 Å². The van der Waals surface area contributed by atoms with E-state index in [9.17, 15) is 14.4 Å². The summed E-state index contributed by atoms with van der Waals surface area (Å²) in [6.07, 6.45) is 5.99. The fourth-order valence-corrected chi connectivity index (χ4v) is 3.38. The van der Waals surface area contributed by atoms with E-state index in [1.54, 1.807) is 0 Å². The molecular weight excluding hydrogens is 274 g/mol. The summed E-state index contributed by atoms with van der Waals surface area (Å²) in [5, 5.41) is 14.8. The number of nitrogens with one attached hydrogen (secondary N) is 2. The predicted octanol–water partition coefficient (Wildman–Crippen LogP) is -0.258. The highest BCUT2D eigenvalue weighted by Gasteiger charge is 2.35. The van der Waals surface area contributed by atoms with Crippen LogP contribution in [0.3, 0.4) is 0 Å². The largest absolute Gasteiger partial charge is 0.480 e. The van der Waals surface area contributed by atoms with Crippen molar-refractivity contribution in [2.24, 2.45) is 11.7 Å². The van der Waals surface area contributed by atoms with E-state index in [0.717, 1.165) is 12.8 Å². The van der Waals surface area contributed by atoms with Gasteiger partial charge in [-0.3, -0.25) is 9.59 Å². The number of hydrogen-bond acceptors (Lipinski definition) is 4. The molecule has 1 saturated carbocycles. The summed E-state index contributed by atoms with van der Waals surface area (Å²) >= 11 is 0. The van der Waals surface area contributed by atoms with E-state index in [1.165, 1.54) is 19.3 Å². The highest BCUT2D eigenvalue weighted by atomic mass is 16.4. The number of aliphatic carboxylic acids is 1. The molecule has 7 heteroatoms. The van der Waals surface area contributed by atoms with Gasteiger partial charge in [0, 0.05) is 6.04 Å². The third-order valence-corrected chi connectivity index (χ3v) is 4.49. The number of carbonyl (C=O) groups is 3. The van der Waals surface area contributed by atoms with Crippen molar-refractivity contribution in [2.45, 2.75) is 63.1 Å². The SMILES string of the molecule is NC(=O)C[C@@H](NC(=O)C1CCC2CCCCC2N1)C(=O)O. The molecule has 21 heavy (non-hydrogen) atoms. The first-order valence-corrected chi connectivity index (χ1v) is 7.55. The zero-order valence-corrected chi connectivity index (χ0v) is 12.0. The van der Waals surface area contributed by atoms with Crippen LogP contribution in [0.15, 0.2) is 0 Å². The van der Waals surface area contributed by atoms with Crippen LogP contribution in [-0.4, -0.2) is 41.0 Å². The van der Waals surface area contributed by atoms with Crippen LogP contribution in [0.1, 0.15) is 44.9 Å². The van der Waals surface area contributed by atoms with Gasteiger partial charge in [-0.05, 0) is 31.6 Å². The second-order valence-electron chi connectivity index (χ2n) is 6.02. The average molecular weight is 297 g/mol. The first-order chi connectivity index (χ1) is 9.97. The predicted molar refractivity (Wildman–Crippen MR) is 75.3 cm³/mol. The molecule has 1 heterocycles. The second-order valence-corrected chi connectivity index (χ2v) is 6.02. The molecule has 0 radical (unpaired) electrons. The van der Waals surface area contributed by atoms with E-state index >= 15 is 0 Å². The van der Waals surface area contributed by atoms with Crippen LogP contribution in [0.5, 0.6) is 0 Å². The van der Waals surface area contributed by atoms with Gasteiger partial charge in [0.05, 0.1) is 12.5 Å². The number of primary amides is 1. The average Bonchev–Trinajstić information content (AvgIpc) is 2.45. The van der Waals surface area contributed by atoms with Crippen LogP contribution in [0.4, 0.5) is 0 Å². The number of nitrogens with two attached hydrogens (primary N) is 1. The smallest absolute Gasteiger partial charge is 0.326 e. The fraction of sp³-hybridized carbons (Fsp3) is 0.786. The van der Waals surface area contributed by atoms with E-state index in [2.05, 4.69) is 10.6 Å². The minimum Gasteiger partial charge on any atom is -0.480 e. The Morgan fingerprint density at radius 2 is 1.90 bits per heavy atom. The lowest BCUT2D eigenvalue weighted by atomic mass is 9.77. The van der Waals surface area contributed by atoms with Crippen LogP contribution >= 0.6 is 0 Å². The molecule has 1 aliphatic heterocycles. The Balaban J connectivity index is 1.90. The van der Waals surface area contributed by atoms with Gasteiger partial charge in [0.15, 0.2) is 0 Å². The van der Waals surface area contributed by atoms with Crippen LogP contribution in [0.25, 0.3) is 0 Å². The van der Waals surface area contributed by atoms with Gasteiger partial charge in [-0.25, -0.2) is 4.79 Å². The third kappa shape index (κ3) is 4.17. The normalized spacial score (nSPS) is 30.0. The Labute approximate surface area is 123 Å². The first kappa shape index (κ1) is 15.8. The molecule has 118 valence electrons. The van der Waals surface area contributed by atoms with Gasteiger partial charge >= 0.3 is 5.97 Å². The molecule has 2 fully saturated rings. The van der Waals surface area contributed by atoms with E-state index in [-0.39, 0.29) is 18.4 Å². The van der Waals surface area contributed by atoms with Crippen molar-refractivity contribution in [3.63, 3.8) is 0 Å². The third-order valence-electron chi connectivity index (χ3n) is 4.49. The standard InChI is InChI=1S/C14H23N3O4/c15-12(18)7-11(14(20)21)17-13(19)10-6-5-8-3-1-2-4-9(8)16-10/h8-11,16H,1-7H2,(H2,15,18)(H,17,19)(H,20,21)/t8?,9?,10?,11-/m1/s1. The van der Waals surface area contributed by atoms with E-state index in [4.69, 9.17) is 10.8 Å². The van der Waals surface area contributed by atoms with Gasteiger partial charge in [-0.1, -0.05) is 12.8 Å². The number of amides is 2. The molecule has 0 spiro atoms. The number of carboxylic acid groups (broad SMARTS) is 1. The van der Waals surface area contributed by atoms with Gasteiger partial charge in [-0.2, -0.15) is 0 Å². The van der Waals surface area contributed by atoms with Crippen molar-refractivity contribution in [3.05, 3.63) is 0 Å². The number of piperidine rings is 1.